The number of aliphatic hydroxyl groups is 1. The summed E-state index contributed by atoms with van der Waals surface area (Å²) in [4.78, 5) is 29.3. The second kappa shape index (κ2) is 11.1. The van der Waals surface area contributed by atoms with Gasteiger partial charge in [-0.05, 0) is 29.7 Å². The van der Waals surface area contributed by atoms with Crippen molar-refractivity contribution in [3.05, 3.63) is 107 Å². The van der Waals surface area contributed by atoms with E-state index in [1.807, 2.05) is 30.3 Å². The van der Waals surface area contributed by atoms with Crippen LogP contribution in [0.25, 0.3) is 0 Å². The molecule has 0 aliphatic carbocycles. The van der Waals surface area contributed by atoms with Gasteiger partial charge in [0, 0.05) is 44.2 Å². The van der Waals surface area contributed by atoms with Crippen molar-refractivity contribution in [3.63, 3.8) is 0 Å². The van der Waals surface area contributed by atoms with Gasteiger partial charge in [-0.2, -0.15) is 0 Å². The maximum Gasteiger partial charge on any atom is 0.278 e. The van der Waals surface area contributed by atoms with Crippen LogP contribution in [0.1, 0.15) is 17.5 Å². The maximum atomic E-state index is 13.2. The Kier molecular flexibility index (Phi) is 7.74. The number of hydrogen-bond donors (Lipinski definition) is 1. The van der Waals surface area contributed by atoms with E-state index in [0.29, 0.717) is 19.6 Å². The standard InChI is InChI=1S/C27H27FN2O5/c1-34-16-15-29-13-14-30-17-22(23(31)12-9-19-7-10-21(28)11-8-19)25(32)26(24(30)27(29)33)35-18-20-5-3-2-4-6-20/h2-8,10-11,13-14,17,25,32H,9,12,15-16,18H2,1H3. The monoisotopic (exact) mass is 478 g/mol. The fraction of sp³-hybridized carbons (Fsp3) is 0.259. The zero-order valence-electron chi connectivity index (χ0n) is 19.4. The van der Waals surface area contributed by atoms with Crippen LogP contribution in [0, 0.1) is 5.82 Å². The largest absolute Gasteiger partial charge is 0.488 e. The van der Waals surface area contributed by atoms with E-state index in [1.54, 1.807) is 31.6 Å². The van der Waals surface area contributed by atoms with E-state index < -0.39 is 6.10 Å². The van der Waals surface area contributed by atoms with Gasteiger partial charge in [0.25, 0.3) is 5.91 Å². The van der Waals surface area contributed by atoms with E-state index in [2.05, 4.69) is 0 Å². The highest BCUT2D eigenvalue weighted by Gasteiger charge is 2.38. The number of methoxy groups -OCH3 is 1. The molecular weight excluding hydrogens is 451 g/mol. The second-order valence-electron chi connectivity index (χ2n) is 8.22. The van der Waals surface area contributed by atoms with E-state index in [-0.39, 0.29) is 47.6 Å². The molecule has 0 radical (unpaired) electrons. The lowest BCUT2D eigenvalue weighted by Gasteiger charge is -2.36. The van der Waals surface area contributed by atoms with Gasteiger partial charge in [0.2, 0.25) is 0 Å². The summed E-state index contributed by atoms with van der Waals surface area (Å²) in [6.07, 6.45) is 3.84. The summed E-state index contributed by atoms with van der Waals surface area (Å²) in [6.45, 7) is 0.796. The van der Waals surface area contributed by atoms with Crippen molar-refractivity contribution in [3.8, 4) is 0 Å². The molecule has 2 aliphatic heterocycles. The number of ketones is 1. The van der Waals surface area contributed by atoms with Gasteiger partial charge in [-0.15, -0.1) is 0 Å². The summed E-state index contributed by atoms with van der Waals surface area (Å²) in [6, 6.07) is 15.3. The SMILES string of the molecule is COCCN1C=CN2C=C(C(=O)CCc3ccc(F)cc3)C(O)C(OCc3ccccc3)=C2C1=O. The summed E-state index contributed by atoms with van der Waals surface area (Å²) in [5, 5.41) is 11.2. The summed E-state index contributed by atoms with van der Waals surface area (Å²) in [5.74, 6) is -0.965. The van der Waals surface area contributed by atoms with Crippen molar-refractivity contribution in [2.45, 2.75) is 25.6 Å². The van der Waals surface area contributed by atoms with Gasteiger partial charge in [0.15, 0.2) is 17.2 Å². The topological polar surface area (TPSA) is 79.3 Å². The molecule has 2 aromatic carbocycles. The first-order chi connectivity index (χ1) is 17.0. The predicted molar refractivity (Wildman–Crippen MR) is 127 cm³/mol. The van der Waals surface area contributed by atoms with Gasteiger partial charge in [-0.25, -0.2) is 4.39 Å². The Morgan fingerprint density at radius 1 is 1.06 bits per heavy atom. The molecule has 2 heterocycles. The molecule has 0 bridgehead atoms. The van der Waals surface area contributed by atoms with Crippen molar-refractivity contribution in [1.82, 2.24) is 9.80 Å². The molecule has 1 unspecified atom stereocenters. The molecule has 2 aliphatic rings. The first kappa shape index (κ1) is 24.4. The van der Waals surface area contributed by atoms with Crippen LogP contribution < -0.4 is 0 Å². The minimum Gasteiger partial charge on any atom is -0.488 e. The fourth-order valence-corrected chi connectivity index (χ4v) is 3.90. The van der Waals surface area contributed by atoms with Crippen LogP contribution in [0.2, 0.25) is 0 Å². The van der Waals surface area contributed by atoms with Crippen LogP contribution in [-0.4, -0.2) is 53.0 Å². The minimum absolute atomic E-state index is 0.0262. The zero-order valence-corrected chi connectivity index (χ0v) is 19.4. The van der Waals surface area contributed by atoms with Crippen LogP contribution >= 0.6 is 0 Å². The molecular formula is C27H27FN2O5. The van der Waals surface area contributed by atoms with Gasteiger partial charge in [0.1, 0.15) is 18.5 Å². The number of aliphatic hydroxyl groups excluding tert-OH is 1. The average molecular weight is 479 g/mol. The highest BCUT2D eigenvalue weighted by Crippen LogP contribution is 2.32. The summed E-state index contributed by atoms with van der Waals surface area (Å²) in [5.41, 5.74) is 1.95. The quantitative estimate of drug-likeness (QED) is 0.565. The summed E-state index contributed by atoms with van der Waals surface area (Å²) < 4.78 is 24.2. The molecule has 0 saturated carbocycles. The Hall–Kier alpha value is -3.75. The van der Waals surface area contributed by atoms with Crippen LogP contribution in [0.3, 0.4) is 0 Å². The Labute approximate surface area is 203 Å². The number of ether oxygens (including phenoxy) is 2. The third-order valence-electron chi connectivity index (χ3n) is 5.83. The molecule has 8 heteroatoms. The van der Waals surface area contributed by atoms with Crippen LogP contribution in [0.15, 0.2) is 90.2 Å². The number of halogens is 1. The molecule has 35 heavy (non-hydrogen) atoms. The number of nitrogens with zero attached hydrogens (tertiary/aromatic N) is 2. The third-order valence-corrected chi connectivity index (χ3v) is 5.83. The van der Waals surface area contributed by atoms with E-state index in [4.69, 9.17) is 9.47 Å². The normalized spacial score (nSPS) is 17.4. The fourth-order valence-electron chi connectivity index (χ4n) is 3.90. The number of hydrogen-bond acceptors (Lipinski definition) is 6. The molecule has 0 fully saturated rings. The molecule has 4 rings (SSSR count). The lowest BCUT2D eigenvalue weighted by atomic mass is 9.95. The Morgan fingerprint density at radius 2 is 1.80 bits per heavy atom. The molecule has 0 saturated heterocycles. The minimum atomic E-state index is -1.40. The lowest BCUT2D eigenvalue weighted by Crippen LogP contribution is -2.43. The molecule has 0 spiro atoms. The molecule has 0 aromatic heterocycles. The van der Waals surface area contributed by atoms with Crippen molar-refractivity contribution < 1.29 is 28.6 Å². The number of benzene rings is 2. The molecule has 182 valence electrons. The van der Waals surface area contributed by atoms with E-state index in [1.165, 1.54) is 28.1 Å². The Bertz CT molecular complexity index is 1160. The van der Waals surface area contributed by atoms with Crippen molar-refractivity contribution in [1.29, 1.82) is 0 Å². The van der Waals surface area contributed by atoms with Crippen molar-refractivity contribution in [2.24, 2.45) is 0 Å². The van der Waals surface area contributed by atoms with Gasteiger partial charge in [-0.3, -0.25) is 9.59 Å². The smallest absolute Gasteiger partial charge is 0.278 e. The highest BCUT2D eigenvalue weighted by molar-refractivity contribution is 6.00. The Morgan fingerprint density at radius 3 is 2.51 bits per heavy atom. The first-order valence-electron chi connectivity index (χ1n) is 11.3. The predicted octanol–water partition coefficient (Wildman–Crippen LogP) is 3.28. The molecule has 1 amide bonds. The van der Waals surface area contributed by atoms with Gasteiger partial charge in [-0.1, -0.05) is 42.5 Å². The number of fused-ring (bicyclic) bond motifs is 1. The van der Waals surface area contributed by atoms with Crippen LogP contribution in [0.4, 0.5) is 4.39 Å². The highest BCUT2D eigenvalue weighted by atomic mass is 19.1. The van der Waals surface area contributed by atoms with E-state index >= 15 is 0 Å². The van der Waals surface area contributed by atoms with Gasteiger partial charge >= 0.3 is 0 Å². The van der Waals surface area contributed by atoms with Gasteiger partial charge < -0.3 is 24.4 Å². The molecule has 1 N–H and O–H groups in total. The third kappa shape index (κ3) is 5.67. The number of amides is 1. The molecule has 2 aromatic rings. The number of rotatable bonds is 10. The number of aryl methyl sites for hydroxylation is 1. The Balaban J connectivity index is 1.58. The second-order valence-corrected chi connectivity index (χ2v) is 8.22. The maximum absolute atomic E-state index is 13.2. The number of carbonyl (C=O) groups is 2. The first-order valence-corrected chi connectivity index (χ1v) is 11.3. The summed E-state index contributed by atoms with van der Waals surface area (Å²) >= 11 is 0. The van der Waals surface area contributed by atoms with Crippen LogP contribution in [-0.2, 0) is 32.1 Å². The number of Topliss-reactive ketones (excluding diaryl/α,β-unsaturated/α-hetero) is 1. The number of carbonyl (C=O) groups excluding carboxylic acids is 2. The summed E-state index contributed by atoms with van der Waals surface area (Å²) in [7, 11) is 1.55. The van der Waals surface area contributed by atoms with Crippen LogP contribution in [0.5, 0.6) is 0 Å². The van der Waals surface area contributed by atoms with Gasteiger partial charge in [0.05, 0.1) is 6.61 Å². The van der Waals surface area contributed by atoms with E-state index in [0.717, 1.165) is 11.1 Å². The lowest BCUT2D eigenvalue weighted by molar-refractivity contribution is -0.128. The molecule has 1 atom stereocenters. The zero-order chi connectivity index (χ0) is 24.8. The molecule has 7 nitrogen and oxygen atoms in total. The van der Waals surface area contributed by atoms with E-state index in [9.17, 15) is 19.1 Å². The van der Waals surface area contributed by atoms with Crippen molar-refractivity contribution in [2.75, 3.05) is 20.3 Å². The average Bonchev–Trinajstić information content (AvgIpc) is 2.87. The van der Waals surface area contributed by atoms with Crippen molar-refractivity contribution >= 4 is 11.7 Å².